The van der Waals surface area contributed by atoms with Crippen LogP contribution in [-0.2, 0) is 9.84 Å². The van der Waals surface area contributed by atoms with Gasteiger partial charge in [-0.1, -0.05) is 13.8 Å². The fourth-order valence-corrected chi connectivity index (χ4v) is 1.62. The molecule has 0 radical (unpaired) electrons. The molecule has 0 aromatic heterocycles. The van der Waals surface area contributed by atoms with E-state index in [0.717, 1.165) is 6.26 Å². The third kappa shape index (κ3) is 3.20. The summed E-state index contributed by atoms with van der Waals surface area (Å²) in [6.07, 6.45) is 0.383. The molecule has 0 heterocycles. The van der Waals surface area contributed by atoms with E-state index in [2.05, 4.69) is 0 Å². The molecular weight excluding hydrogens is 164 g/mol. The van der Waals surface area contributed by atoms with E-state index in [0.29, 0.717) is 0 Å². The Morgan fingerprint density at radius 1 is 1.18 bits per heavy atom. The highest BCUT2D eigenvalue weighted by molar-refractivity contribution is 7.91. The third-order valence-corrected chi connectivity index (χ3v) is 3.47. The van der Waals surface area contributed by atoms with Crippen molar-refractivity contribution in [3.05, 3.63) is 0 Å². The maximum atomic E-state index is 10.9. The van der Waals surface area contributed by atoms with E-state index in [1.54, 1.807) is 13.8 Å². The molecule has 2 unspecified atom stereocenters. The van der Waals surface area contributed by atoms with Gasteiger partial charge in [-0.15, -0.1) is 0 Å². The smallest absolute Gasteiger partial charge is 0.152 e. The minimum absolute atomic E-state index is 0.0141. The Morgan fingerprint density at radius 2 is 1.55 bits per heavy atom. The van der Waals surface area contributed by atoms with E-state index in [9.17, 15) is 13.5 Å². The number of aliphatic hydroxyl groups excluding tert-OH is 1. The van der Waals surface area contributed by atoms with Gasteiger partial charge >= 0.3 is 0 Å². The highest BCUT2D eigenvalue weighted by Crippen LogP contribution is 2.12. The van der Waals surface area contributed by atoms with Crippen LogP contribution < -0.4 is 0 Å². The van der Waals surface area contributed by atoms with Crippen LogP contribution >= 0.6 is 0 Å². The minimum Gasteiger partial charge on any atom is -0.392 e. The average Bonchev–Trinajstić information content (AvgIpc) is 1.82. The second-order valence-corrected chi connectivity index (χ2v) is 5.67. The molecule has 0 fully saturated rings. The van der Waals surface area contributed by atoms with Gasteiger partial charge in [0.25, 0.3) is 0 Å². The summed E-state index contributed by atoms with van der Waals surface area (Å²) in [5.41, 5.74) is 0. The quantitative estimate of drug-likeness (QED) is 0.685. The van der Waals surface area contributed by atoms with Crippen molar-refractivity contribution in [2.45, 2.75) is 32.1 Å². The van der Waals surface area contributed by atoms with Crippen LogP contribution in [0.2, 0.25) is 0 Å². The number of hydrogen-bond donors (Lipinski definition) is 1. The molecule has 68 valence electrons. The van der Waals surface area contributed by atoms with Crippen molar-refractivity contribution >= 4 is 9.84 Å². The van der Waals surface area contributed by atoms with Crippen molar-refractivity contribution in [3.8, 4) is 0 Å². The molecule has 0 aliphatic rings. The summed E-state index contributed by atoms with van der Waals surface area (Å²) in [5.74, 6) is -0.0141. The van der Waals surface area contributed by atoms with Crippen LogP contribution in [0.5, 0.6) is 0 Å². The molecule has 0 rings (SSSR count). The standard InChI is InChI=1S/C7H16O3S/c1-5(2)7(8)6(3)11(4,9)10/h5-8H,1-4H3. The van der Waals surface area contributed by atoms with Crippen LogP contribution in [0.4, 0.5) is 0 Å². The zero-order valence-electron chi connectivity index (χ0n) is 7.40. The van der Waals surface area contributed by atoms with E-state index in [1.165, 1.54) is 6.92 Å². The molecule has 0 aliphatic heterocycles. The van der Waals surface area contributed by atoms with Crippen molar-refractivity contribution in [3.63, 3.8) is 0 Å². The molecule has 0 saturated carbocycles. The third-order valence-electron chi connectivity index (χ3n) is 1.84. The van der Waals surface area contributed by atoms with Gasteiger partial charge in [-0.3, -0.25) is 0 Å². The molecule has 0 aliphatic carbocycles. The molecule has 0 amide bonds. The normalized spacial score (nSPS) is 18.4. The van der Waals surface area contributed by atoms with Gasteiger partial charge in [0.2, 0.25) is 0 Å². The lowest BCUT2D eigenvalue weighted by atomic mass is 10.1. The summed E-state index contributed by atoms with van der Waals surface area (Å²) < 4.78 is 21.8. The first-order chi connectivity index (χ1) is 4.76. The summed E-state index contributed by atoms with van der Waals surface area (Å²) in [7, 11) is -3.10. The lowest BCUT2D eigenvalue weighted by Gasteiger charge is -2.20. The van der Waals surface area contributed by atoms with Gasteiger partial charge in [0.1, 0.15) is 0 Å². The van der Waals surface area contributed by atoms with E-state index in [4.69, 9.17) is 0 Å². The first-order valence-corrected chi connectivity index (χ1v) is 5.59. The summed E-state index contributed by atoms with van der Waals surface area (Å²) in [5, 5.41) is 8.69. The monoisotopic (exact) mass is 180 g/mol. The largest absolute Gasteiger partial charge is 0.392 e. The van der Waals surface area contributed by atoms with Crippen LogP contribution in [0.15, 0.2) is 0 Å². The minimum atomic E-state index is -3.10. The summed E-state index contributed by atoms with van der Waals surface area (Å²) in [6, 6.07) is 0. The van der Waals surface area contributed by atoms with Gasteiger partial charge in [-0.05, 0) is 12.8 Å². The van der Waals surface area contributed by atoms with Crippen LogP contribution in [0.3, 0.4) is 0 Å². The number of hydrogen-bond acceptors (Lipinski definition) is 3. The highest BCUT2D eigenvalue weighted by atomic mass is 32.2. The van der Waals surface area contributed by atoms with Gasteiger partial charge in [-0.2, -0.15) is 0 Å². The molecule has 0 bridgehead atoms. The maximum absolute atomic E-state index is 10.9. The summed E-state index contributed by atoms with van der Waals surface area (Å²) in [4.78, 5) is 0. The second kappa shape index (κ2) is 3.54. The van der Waals surface area contributed by atoms with Crippen LogP contribution in [-0.4, -0.2) is 31.1 Å². The van der Waals surface area contributed by atoms with E-state index >= 15 is 0 Å². The fourth-order valence-electron chi connectivity index (χ4n) is 0.795. The molecule has 0 aromatic carbocycles. The molecule has 2 atom stereocenters. The molecule has 3 nitrogen and oxygen atoms in total. The average molecular weight is 180 g/mol. The zero-order valence-corrected chi connectivity index (χ0v) is 8.22. The molecular formula is C7H16O3S. The predicted octanol–water partition coefficient (Wildman–Crippen LogP) is 0.436. The summed E-state index contributed by atoms with van der Waals surface area (Å²) >= 11 is 0. The number of aliphatic hydroxyl groups is 1. The van der Waals surface area contributed by atoms with Gasteiger partial charge in [0.15, 0.2) is 9.84 Å². The highest BCUT2D eigenvalue weighted by Gasteiger charge is 2.25. The first kappa shape index (κ1) is 10.9. The van der Waals surface area contributed by atoms with Crippen LogP contribution in [0.25, 0.3) is 0 Å². The Labute approximate surface area is 68.3 Å². The van der Waals surface area contributed by atoms with Gasteiger partial charge < -0.3 is 5.11 Å². The van der Waals surface area contributed by atoms with Gasteiger partial charge in [0.05, 0.1) is 11.4 Å². The lowest BCUT2D eigenvalue weighted by Crippen LogP contribution is -2.34. The molecule has 0 spiro atoms. The molecule has 4 heteroatoms. The van der Waals surface area contributed by atoms with Crippen molar-refractivity contribution < 1.29 is 13.5 Å². The van der Waals surface area contributed by atoms with E-state index in [1.807, 2.05) is 0 Å². The second-order valence-electron chi connectivity index (χ2n) is 3.27. The van der Waals surface area contributed by atoms with Gasteiger partial charge in [-0.25, -0.2) is 8.42 Å². The first-order valence-electron chi connectivity index (χ1n) is 3.63. The van der Waals surface area contributed by atoms with Crippen molar-refractivity contribution in [2.24, 2.45) is 5.92 Å². The summed E-state index contributed by atoms with van der Waals surface area (Å²) in [6.45, 7) is 5.12. The van der Waals surface area contributed by atoms with E-state index in [-0.39, 0.29) is 5.92 Å². The molecule has 11 heavy (non-hydrogen) atoms. The number of rotatable bonds is 3. The van der Waals surface area contributed by atoms with Gasteiger partial charge in [0, 0.05) is 6.26 Å². The Balaban J connectivity index is 4.38. The Morgan fingerprint density at radius 3 is 1.64 bits per heavy atom. The van der Waals surface area contributed by atoms with Crippen LogP contribution in [0, 0.1) is 5.92 Å². The van der Waals surface area contributed by atoms with Crippen molar-refractivity contribution in [1.29, 1.82) is 0 Å². The fraction of sp³-hybridized carbons (Fsp3) is 1.00. The topological polar surface area (TPSA) is 54.4 Å². The molecule has 0 saturated heterocycles. The number of sulfone groups is 1. The Kier molecular flexibility index (Phi) is 3.51. The Hall–Kier alpha value is -0.0900. The van der Waals surface area contributed by atoms with Crippen molar-refractivity contribution in [1.82, 2.24) is 0 Å². The van der Waals surface area contributed by atoms with Crippen molar-refractivity contribution in [2.75, 3.05) is 6.26 Å². The molecule has 1 N–H and O–H groups in total. The Bertz CT molecular complexity index is 206. The predicted molar refractivity (Wildman–Crippen MR) is 45.2 cm³/mol. The van der Waals surface area contributed by atoms with Crippen LogP contribution in [0.1, 0.15) is 20.8 Å². The van der Waals surface area contributed by atoms with E-state index < -0.39 is 21.2 Å². The lowest BCUT2D eigenvalue weighted by molar-refractivity contribution is 0.124. The molecule has 0 aromatic rings. The zero-order chi connectivity index (χ0) is 9.23. The maximum Gasteiger partial charge on any atom is 0.152 e. The SMILES string of the molecule is CC(C)C(O)C(C)S(C)(=O)=O.